The summed E-state index contributed by atoms with van der Waals surface area (Å²) in [6.45, 7) is 5.75. The second-order valence-electron chi connectivity index (χ2n) is 5.77. The average molecular weight is 248 g/mol. The smallest absolute Gasteiger partial charge is 0.340 e. The Labute approximate surface area is 107 Å². The molecule has 3 nitrogen and oxygen atoms in total. The van der Waals surface area contributed by atoms with Gasteiger partial charge >= 0.3 is 5.97 Å². The maximum absolute atomic E-state index is 11.0. The van der Waals surface area contributed by atoms with E-state index in [1.54, 1.807) is 6.07 Å². The van der Waals surface area contributed by atoms with Gasteiger partial charge in [0.25, 0.3) is 0 Å². The fraction of sp³-hybridized carbons (Fsp3) is 0.533. The third kappa shape index (κ3) is 2.15. The summed E-state index contributed by atoms with van der Waals surface area (Å²) in [4.78, 5) is 11.0. The second-order valence-corrected chi connectivity index (χ2v) is 5.77. The van der Waals surface area contributed by atoms with Crippen molar-refractivity contribution in [1.29, 1.82) is 0 Å². The highest BCUT2D eigenvalue weighted by atomic mass is 16.4. The molecule has 2 atom stereocenters. The lowest BCUT2D eigenvalue weighted by Crippen LogP contribution is -2.31. The molecule has 3 heteroatoms. The van der Waals surface area contributed by atoms with Crippen LogP contribution in [0.4, 0.5) is 0 Å². The molecule has 18 heavy (non-hydrogen) atoms. The summed E-state index contributed by atoms with van der Waals surface area (Å²) in [7, 11) is 0. The summed E-state index contributed by atoms with van der Waals surface area (Å²) < 4.78 is 0. The molecule has 0 amide bonds. The maximum atomic E-state index is 11.0. The van der Waals surface area contributed by atoms with Crippen LogP contribution >= 0.6 is 0 Å². The minimum Gasteiger partial charge on any atom is -0.479 e. The summed E-state index contributed by atoms with van der Waals surface area (Å²) >= 11 is 0. The van der Waals surface area contributed by atoms with Crippen LogP contribution in [0.1, 0.15) is 37.5 Å². The standard InChI is InChI=1S/C15H20O3/c1-9(2)11-6-10-4-5-13(8-12(10)7-11)15(3,18)14(16)17/h4-5,8-9,11,18H,6-7H2,1-3H3,(H,16,17)/t11-,15-/m0/s1. The Balaban J connectivity index is 2.32. The van der Waals surface area contributed by atoms with Crippen molar-refractivity contribution in [2.45, 2.75) is 39.2 Å². The number of carbonyl (C=O) groups is 1. The summed E-state index contributed by atoms with van der Waals surface area (Å²) in [5.74, 6) is 0.0479. The van der Waals surface area contributed by atoms with Crippen LogP contribution in [0.25, 0.3) is 0 Å². The molecular weight excluding hydrogens is 228 g/mol. The van der Waals surface area contributed by atoms with Crippen molar-refractivity contribution in [2.75, 3.05) is 0 Å². The molecule has 0 saturated carbocycles. The lowest BCUT2D eigenvalue weighted by Gasteiger charge is -2.19. The molecule has 1 aliphatic carbocycles. The molecule has 1 aromatic carbocycles. The Kier molecular flexibility index (Phi) is 3.20. The Bertz CT molecular complexity index is 475. The Hall–Kier alpha value is -1.35. The van der Waals surface area contributed by atoms with Crippen LogP contribution in [0.3, 0.4) is 0 Å². The van der Waals surface area contributed by atoms with E-state index in [1.165, 1.54) is 18.1 Å². The van der Waals surface area contributed by atoms with Crippen molar-refractivity contribution in [2.24, 2.45) is 11.8 Å². The van der Waals surface area contributed by atoms with Crippen LogP contribution in [0.15, 0.2) is 18.2 Å². The number of hydrogen-bond acceptors (Lipinski definition) is 2. The van der Waals surface area contributed by atoms with Crippen molar-refractivity contribution < 1.29 is 15.0 Å². The summed E-state index contributed by atoms with van der Waals surface area (Å²) in [6, 6.07) is 5.55. The summed E-state index contributed by atoms with van der Waals surface area (Å²) in [6.07, 6.45) is 2.04. The molecule has 1 aliphatic rings. The SMILES string of the molecule is CC(C)[C@H]1Cc2ccc([C@](C)(O)C(=O)O)cc2C1. The van der Waals surface area contributed by atoms with Gasteiger partial charge in [0.1, 0.15) is 0 Å². The molecule has 0 saturated heterocycles. The lowest BCUT2D eigenvalue weighted by molar-refractivity contribution is -0.157. The van der Waals surface area contributed by atoms with E-state index in [0.29, 0.717) is 17.4 Å². The van der Waals surface area contributed by atoms with Crippen LogP contribution < -0.4 is 0 Å². The van der Waals surface area contributed by atoms with Crippen molar-refractivity contribution in [3.8, 4) is 0 Å². The molecule has 0 fully saturated rings. The molecule has 2 N–H and O–H groups in total. The predicted octanol–water partition coefficient (Wildman–Crippen LogP) is 2.35. The number of aliphatic hydroxyl groups is 1. The van der Waals surface area contributed by atoms with E-state index >= 15 is 0 Å². The number of rotatable bonds is 3. The van der Waals surface area contributed by atoms with E-state index in [0.717, 1.165) is 12.8 Å². The predicted molar refractivity (Wildman–Crippen MR) is 69.4 cm³/mol. The number of carboxylic acids is 1. The highest BCUT2D eigenvalue weighted by Gasteiger charge is 2.34. The number of fused-ring (bicyclic) bond motifs is 1. The molecule has 0 radical (unpaired) electrons. The van der Waals surface area contributed by atoms with Gasteiger partial charge in [-0.05, 0) is 48.3 Å². The van der Waals surface area contributed by atoms with Crippen LogP contribution in [-0.2, 0) is 23.2 Å². The van der Waals surface area contributed by atoms with Crippen LogP contribution in [0.5, 0.6) is 0 Å². The summed E-state index contributed by atoms with van der Waals surface area (Å²) in [5, 5.41) is 19.0. The third-order valence-electron chi connectivity index (χ3n) is 4.09. The van der Waals surface area contributed by atoms with Crippen molar-refractivity contribution in [1.82, 2.24) is 0 Å². The molecular formula is C15H20O3. The van der Waals surface area contributed by atoms with Gasteiger partial charge in [-0.3, -0.25) is 0 Å². The third-order valence-corrected chi connectivity index (χ3v) is 4.09. The zero-order valence-electron chi connectivity index (χ0n) is 11.1. The van der Waals surface area contributed by atoms with Gasteiger partial charge in [-0.1, -0.05) is 32.0 Å². The van der Waals surface area contributed by atoms with E-state index in [9.17, 15) is 9.90 Å². The molecule has 1 aromatic rings. The van der Waals surface area contributed by atoms with Gasteiger partial charge in [-0.25, -0.2) is 4.79 Å². The first-order chi connectivity index (χ1) is 8.32. The first-order valence-electron chi connectivity index (χ1n) is 6.40. The largest absolute Gasteiger partial charge is 0.479 e. The van der Waals surface area contributed by atoms with E-state index in [4.69, 9.17) is 5.11 Å². The topological polar surface area (TPSA) is 57.5 Å². The van der Waals surface area contributed by atoms with Crippen molar-refractivity contribution >= 4 is 5.97 Å². The van der Waals surface area contributed by atoms with Gasteiger partial charge < -0.3 is 10.2 Å². The van der Waals surface area contributed by atoms with Gasteiger partial charge in [0.15, 0.2) is 5.60 Å². The zero-order valence-corrected chi connectivity index (χ0v) is 11.1. The van der Waals surface area contributed by atoms with Crippen molar-refractivity contribution in [3.05, 3.63) is 34.9 Å². The van der Waals surface area contributed by atoms with Gasteiger partial charge in [-0.2, -0.15) is 0 Å². The second kappa shape index (κ2) is 4.39. The Morgan fingerprint density at radius 2 is 1.94 bits per heavy atom. The first-order valence-corrected chi connectivity index (χ1v) is 6.40. The monoisotopic (exact) mass is 248 g/mol. The van der Waals surface area contributed by atoms with Crippen LogP contribution in [0.2, 0.25) is 0 Å². The highest BCUT2D eigenvalue weighted by Crippen LogP contribution is 2.34. The summed E-state index contributed by atoms with van der Waals surface area (Å²) in [5.41, 5.74) is 1.15. The van der Waals surface area contributed by atoms with Crippen molar-refractivity contribution in [3.63, 3.8) is 0 Å². The fourth-order valence-corrected chi connectivity index (χ4v) is 2.55. The van der Waals surface area contributed by atoms with Crippen LogP contribution in [-0.4, -0.2) is 16.2 Å². The van der Waals surface area contributed by atoms with Gasteiger partial charge in [0, 0.05) is 0 Å². The van der Waals surface area contributed by atoms with Gasteiger partial charge in [0.2, 0.25) is 0 Å². The molecule has 98 valence electrons. The minimum atomic E-state index is -1.80. The molecule has 0 unspecified atom stereocenters. The van der Waals surface area contributed by atoms with Gasteiger partial charge in [0.05, 0.1) is 0 Å². The van der Waals surface area contributed by atoms with E-state index in [1.807, 2.05) is 12.1 Å². The Morgan fingerprint density at radius 3 is 2.50 bits per heavy atom. The van der Waals surface area contributed by atoms with E-state index in [-0.39, 0.29) is 0 Å². The quantitative estimate of drug-likeness (QED) is 0.863. The number of carboxylic acid groups (broad SMARTS) is 1. The van der Waals surface area contributed by atoms with Gasteiger partial charge in [-0.15, -0.1) is 0 Å². The molecule has 0 aromatic heterocycles. The lowest BCUT2D eigenvalue weighted by atomic mass is 9.92. The molecule has 0 bridgehead atoms. The van der Waals surface area contributed by atoms with E-state index < -0.39 is 11.6 Å². The minimum absolute atomic E-state index is 0.471. The molecule has 2 rings (SSSR count). The molecule has 0 aliphatic heterocycles. The number of aliphatic carboxylic acids is 1. The first kappa shape index (κ1) is 13.1. The Morgan fingerprint density at radius 1 is 1.33 bits per heavy atom. The highest BCUT2D eigenvalue weighted by molar-refractivity contribution is 5.78. The number of hydrogen-bond donors (Lipinski definition) is 2. The normalized spacial score (nSPS) is 21.7. The van der Waals surface area contributed by atoms with Crippen LogP contribution in [0, 0.1) is 11.8 Å². The van der Waals surface area contributed by atoms with E-state index in [2.05, 4.69) is 13.8 Å². The molecule has 0 heterocycles. The fourth-order valence-electron chi connectivity index (χ4n) is 2.55. The zero-order chi connectivity index (χ0) is 13.5. The molecule has 0 spiro atoms. The number of benzene rings is 1. The maximum Gasteiger partial charge on any atom is 0.340 e. The average Bonchev–Trinajstić information content (AvgIpc) is 2.71.